The zero-order chi connectivity index (χ0) is 15.4. The summed E-state index contributed by atoms with van der Waals surface area (Å²) in [6, 6.07) is 0. The van der Waals surface area contributed by atoms with Crippen molar-refractivity contribution in [3.63, 3.8) is 0 Å². The number of rotatable bonds is 5. The molecule has 1 aromatic heterocycles. The van der Waals surface area contributed by atoms with Crippen molar-refractivity contribution in [2.75, 3.05) is 20.2 Å². The molecule has 1 aliphatic heterocycles. The number of nitrogens with zero attached hydrogens (tertiary/aromatic N) is 3. The van der Waals surface area contributed by atoms with Crippen molar-refractivity contribution in [1.29, 1.82) is 0 Å². The molecule has 1 fully saturated rings. The van der Waals surface area contributed by atoms with Gasteiger partial charge >= 0.3 is 0 Å². The predicted octanol–water partition coefficient (Wildman–Crippen LogP) is 2.01. The third-order valence-corrected chi connectivity index (χ3v) is 4.10. The minimum absolute atomic E-state index is 0.133. The van der Waals surface area contributed by atoms with Crippen molar-refractivity contribution in [3.8, 4) is 0 Å². The van der Waals surface area contributed by atoms with Gasteiger partial charge in [-0.1, -0.05) is 25.9 Å². The maximum atomic E-state index is 12.3. The van der Waals surface area contributed by atoms with Crippen LogP contribution >= 0.6 is 0 Å². The third kappa shape index (κ3) is 4.03. The first-order chi connectivity index (χ1) is 10.0. The van der Waals surface area contributed by atoms with Gasteiger partial charge in [-0.25, -0.2) is 0 Å². The Morgan fingerprint density at radius 1 is 1.52 bits per heavy atom. The van der Waals surface area contributed by atoms with E-state index in [-0.39, 0.29) is 17.9 Å². The minimum atomic E-state index is 0.133. The van der Waals surface area contributed by atoms with Crippen LogP contribution in [-0.4, -0.2) is 47.3 Å². The topological polar surface area (TPSA) is 68.5 Å². The number of piperidine rings is 1. The fourth-order valence-corrected chi connectivity index (χ4v) is 2.54. The Morgan fingerprint density at radius 3 is 2.90 bits per heavy atom. The lowest BCUT2D eigenvalue weighted by Crippen LogP contribution is -2.46. The zero-order valence-corrected chi connectivity index (χ0v) is 13.3. The highest BCUT2D eigenvalue weighted by molar-refractivity contribution is 5.76. The molecule has 118 valence electrons. The van der Waals surface area contributed by atoms with Crippen molar-refractivity contribution in [1.82, 2.24) is 15.0 Å². The summed E-state index contributed by atoms with van der Waals surface area (Å²) in [6.07, 6.45) is 2.04. The number of amides is 1. The lowest BCUT2D eigenvalue weighted by atomic mass is 9.95. The fourth-order valence-electron chi connectivity index (χ4n) is 2.54. The van der Waals surface area contributed by atoms with Gasteiger partial charge in [-0.3, -0.25) is 4.79 Å². The number of aryl methyl sites for hydroxylation is 1. The van der Waals surface area contributed by atoms with E-state index in [0.29, 0.717) is 37.0 Å². The van der Waals surface area contributed by atoms with E-state index in [1.807, 2.05) is 18.7 Å². The van der Waals surface area contributed by atoms with Crippen LogP contribution in [0.25, 0.3) is 0 Å². The SMILES string of the molecule is COC1CN(C(=O)CCc2nc(C(C)C)no2)CCC1C. The molecule has 1 amide bonds. The molecule has 0 saturated carbocycles. The molecule has 21 heavy (non-hydrogen) atoms. The van der Waals surface area contributed by atoms with E-state index in [0.717, 1.165) is 13.0 Å². The summed E-state index contributed by atoms with van der Waals surface area (Å²) < 4.78 is 10.6. The van der Waals surface area contributed by atoms with E-state index in [1.165, 1.54) is 0 Å². The van der Waals surface area contributed by atoms with Crippen LogP contribution in [0.1, 0.15) is 51.2 Å². The number of methoxy groups -OCH3 is 1. The summed E-state index contributed by atoms with van der Waals surface area (Å²) in [5.41, 5.74) is 0. The second-order valence-corrected chi connectivity index (χ2v) is 6.08. The lowest BCUT2D eigenvalue weighted by Gasteiger charge is -2.36. The Balaban J connectivity index is 1.84. The maximum absolute atomic E-state index is 12.3. The van der Waals surface area contributed by atoms with Crippen LogP contribution in [0.3, 0.4) is 0 Å². The van der Waals surface area contributed by atoms with Gasteiger partial charge in [0.2, 0.25) is 11.8 Å². The summed E-state index contributed by atoms with van der Waals surface area (Å²) in [7, 11) is 1.71. The van der Waals surface area contributed by atoms with Gasteiger partial charge in [0.15, 0.2) is 5.82 Å². The number of ether oxygens (including phenoxy) is 1. The first-order valence-corrected chi connectivity index (χ1v) is 7.64. The van der Waals surface area contributed by atoms with Crippen molar-refractivity contribution in [3.05, 3.63) is 11.7 Å². The Labute approximate surface area is 125 Å². The summed E-state index contributed by atoms with van der Waals surface area (Å²) in [5.74, 6) is 2.12. The number of carbonyl (C=O) groups excluding carboxylic acids is 1. The molecule has 0 N–H and O–H groups in total. The lowest BCUT2D eigenvalue weighted by molar-refractivity contribution is -0.136. The first kappa shape index (κ1) is 15.9. The minimum Gasteiger partial charge on any atom is -0.379 e. The molecule has 2 atom stereocenters. The second kappa shape index (κ2) is 7.02. The van der Waals surface area contributed by atoms with Gasteiger partial charge < -0.3 is 14.2 Å². The Hall–Kier alpha value is -1.43. The van der Waals surface area contributed by atoms with Gasteiger partial charge in [-0.15, -0.1) is 0 Å². The smallest absolute Gasteiger partial charge is 0.227 e. The number of aromatic nitrogens is 2. The van der Waals surface area contributed by atoms with Crippen LogP contribution in [-0.2, 0) is 16.0 Å². The van der Waals surface area contributed by atoms with Crippen LogP contribution < -0.4 is 0 Å². The molecule has 6 nitrogen and oxygen atoms in total. The Bertz CT molecular complexity index is 472. The van der Waals surface area contributed by atoms with Gasteiger partial charge in [0.25, 0.3) is 0 Å². The standard InChI is InChI=1S/C15H25N3O3/c1-10(2)15-16-13(21-17-15)5-6-14(19)18-8-7-11(3)12(9-18)20-4/h10-12H,5-9H2,1-4H3. The molecule has 2 heterocycles. The molecule has 1 aromatic rings. The Morgan fingerprint density at radius 2 is 2.29 bits per heavy atom. The largest absolute Gasteiger partial charge is 0.379 e. The summed E-state index contributed by atoms with van der Waals surface area (Å²) in [4.78, 5) is 18.4. The van der Waals surface area contributed by atoms with Crippen LogP contribution in [0, 0.1) is 5.92 Å². The molecule has 0 spiro atoms. The van der Waals surface area contributed by atoms with Crippen LogP contribution in [0.2, 0.25) is 0 Å². The van der Waals surface area contributed by atoms with Gasteiger partial charge in [0.1, 0.15) is 0 Å². The first-order valence-electron chi connectivity index (χ1n) is 7.64. The van der Waals surface area contributed by atoms with E-state index in [2.05, 4.69) is 17.1 Å². The van der Waals surface area contributed by atoms with Gasteiger partial charge in [-0.05, 0) is 12.3 Å². The van der Waals surface area contributed by atoms with Crippen molar-refractivity contribution >= 4 is 5.91 Å². The van der Waals surface area contributed by atoms with E-state index >= 15 is 0 Å². The fraction of sp³-hybridized carbons (Fsp3) is 0.800. The van der Waals surface area contributed by atoms with Gasteiger partial charge in [-0.2, -0.15) is 4.98 Å². The number of hydrogen-bond acceptors (Lipinski definition) is 5. The van der Waals surface area contributed by atoms with Crippen LogP contribution in [0.4, 0.5) is 0 Å². The zero-order valence-electron chi connectivity index (χ0n) is 13.3. The molecular formula is C15H25N3O3. The van der Waals surface area contributed by atoms with Crippen molar-refractivity contribution in [2.24, 2.45) is 5.92 Å². The monoisotopic (exact) mass is 295 g/mol. The van der Waals surface area contributed by atoms with Gasteiger partial charge in [0.05, 0.1) is 6.10 Å². The molecule has 0 radical (unpaired) electrons. The van der Waals surface area contributed by atoms with E-state index < -0.39 is 0 Å². The average molecular weight is 295 g/mol. The van der Waals surface area contributed by atoms with Gasteiger partial charge in [0, 0.05) is 39.0 Å². The molecule has 6 heteroatoms. The van der Waals surface area contributed by atoms with E-state index in [4.69, 9.17) is 9.26 Å². The molecule has 1 aliphatic rings. The van der Waals surface area contributed by atoms with Crippen LogP contribution in [0.5, 0.6) is 0 Å². The predicted molar refractivity (Wildman–Crippen MR) is 77.9 cm³/mol. The molecule has 0 aliphatic carbocycles. The Kier molecular flexibility index (Phi) is 5.33. The normalized spacial score (nSPS) is 22.8. The quantitative estimate of drug-likeness (QED) is 0.831. The molecule has 2 unspecified atom stereocenters. The second-order valence-electron chi connectivity index (χ2n) is 6.08. The van der Waals surface area contributed by atoms with Crippen LogP contribution in [0.15, 0.2) is 4.52 Å². The molecule has 0 bridgehead atoms. The highest BCUT2D eigenvalue weighted by Gasteiger charge is 2.28. The highest BCUT2D eigenvalue weighted by Crippen LogP contribution is 2.20. The summed E-state index contributed by atoms with van der Waals surface area (Å²) >= 11 is 0. The number of carbonyl (C=O) groups is 1. The summed E-state index contributed by atoms with van der Waals surface area (Å²) in [5, 5.41) is 3.91. The molecule has 1 saturated heterocycles. The number of likely N-dealkylation sites (tertiary alicyclic amines) is 1. The maximum Gasteiger partial charge on any atom is 0.227 e. The highest BCUT2D eigenvalue weighted by atomic mass is 16.5. The molecule has 0 aromatic carbocycles. The average Bonchev–Trinajstić information content (AvgIpc) is 2.94. The van der Waals surface area contributed by atoms with Crippen molar-refractivity contribution in [2.45, 2.75) is 52.1 Å². The third-order valence-electron chi connectivity index (χ3n) is 4.10. The summed E-state index contributed by atoms with van der Waals surface area (Å²) in [6.45, 7) is 7.68. The van der Waals surface area contributed by atoms with E-state index in [9.17, 15) is 4.79 Å². The molecule has 2 rings (SSSR count). The van der Waals surface area contributed by atoms with E-state index in [1.54, 1.807) is 7.11 Å². The van der Waals surface area contributed by atoms with Crippen molar-refractivity contribution < 1.29 is 14.1 Å². The number of hydrogen-bond donors (Lipinski definition) is 0. The molecular weight excluding hydrogens is 270 g/mol.